The smallest absolute Gasteiger partial charge is 0.329 e. The molecule has 0 unspecified atom stereocenters. The number of ether oxygens (including phenoxy) is 9. The number of ketones is 3. The van der Waals surface area contributed by atoms with Crippen LogP contribution in [0.15, 0.2) is 47.6 Å². The second-order valence-electron chi connectivity index (χ2n) is 25.9. The van der Waals surface area contributed by atoms with Crippen molar-refractivity contribution in [3.05, 3.63) is 47.6 Å². The fourth-order valence-corrected chi connectivity index (χ4v) is 12.2. The average molecular weight is 1200 g/mol. The van der Waals surface area contributed by atoms with E-state index < -0.39 is 89.0 Å². The van der Waals surface area contributed by atoms with Gasteiger partial charge in [-0.25, -0.2) is 4.79 Å². The molecule has 0 aromatic carbocycles. The number of amides is 1. The molecule has 3 heterocycles. The van der Waals surface area contributed by atoms with Gasteiger partial charge in [-0.2, -0.15) is 0 Å². The van der Waals surface area contributed by atoms with E-state index in [4.69, 9.17) is 47.7 Å². The highest BCUT2D eigenvalue weighted by atomic mass is 16.6. The molecule has 0 aromatic rings. The maximum atomic E-state index is 14.8. The highest BCUT2D eigenvalue weighted by Crippen LogP contribution is 2.39. The minimum Gasteiger partial charge on any atom is -0.460 e. The Morgan fingerprint density at radius 2 is 1.47 bits per heavy atom. The molecule has 4 aliphatic rings. The molecule has 2 bridgehead atoms. The van der Waals surface area contributed by atoms with Crippen LogP contribution in [0.1, 0.15) is 166 Å². The van der Waals surface area contributed by atoms with E-state index in [-0.39, 0.29) is 87.2 Å². The first-order valence-corrected chi connectivity index (χ1v) is 31.5. The number of hydrogen-bond donors (Lipinski definition) is 4. The quantitative estimate of drug-likeness (QED) is 0.0347. The van der Waals surface area contributed by atoms with Crippen LogP contribution in [-0.4, -0.2) is 194 Å². The zero-order chi connectivity index (χ0) is 63.1. The summed E-state index contributed by atoms with van der Waals surface area (Å²) in [5, 5.41) is 42.5. The fraction of sp³-hybridized carbons (Fsp3) is 0.803. The number of allylic oxidation sites excluding steroid dienone is 6. The van der Waals surface area contributed by atoms with Gasteiger partial charge in [0.25, 0.3) is 11.7 Å². The molecule has 3 fully saturated rings. The summed E-state index contributed by atoms with van der Waals surface area (Å²) in [6.07, 6.45) is 12.3. The monoisotopic (exact) mass is 1200 g/mol. The van der Waals surface area contributed by atoms with Crippen molar-refractivity contribution >= 4 is 29.2 Å². The predicted molar refractivity (Wildman–Crippen MR) is 322 cm³/mol. The van der Waals surface area contributed by atoms with E-state index >= 15 is 0 Å². The third-order valence-electron chi connectivity index (χ3n) is 17.7. The Kier molecular flexibility index (Phi) is 31.5. The van der Waals surface area contributed by atoms with Crippen LogP contribution in [0, 0.1) is 35.5 Å². The number of Topliss-reactive ketones (excluding diaryl/α,β-unsaturated/α-hetero) is 3. The van der Waals surface area contributed by atoms with Crippen molar-refractivity contribution in [3.63, 3.8) is 0 Å². The van der Waals surface area contributed by atoms with Gasteiger partial charge in [-0.15, -0.1) is 0 Å². The maximum Gasteiger partial charge on any atom is 0.329 e. The first kappa shape index (κ1) is 73.9. The number of fused-ring (bicyclic) bond motifs is 3. The van der Waals surface area contributed by atoms with E-state index in [0.29, 0.717) is 103 Å². The van der Waals surface area contributed by atoms with Gasteiger partial charge < -0.3 is 68.0 Å². The van der Waals surface area contributed by atoms with Gasteiger partial charge in [0.2, 0.25) is 5.79 Å². The Balaban J connectivity index is 1.69. The number of esters is 1. The Morgan fingerprint density at radius 3 is 2.15 bits per heavy atom. The lowest BCUT2D eigenvalue weighted by Gasteiger charge is -2.43. The Labute approximate surface area is 507 Å². The van der Waals surface area contributed by atoms with Crippen LogP contribution in [0.3, 0.4) is 0 Å². The van der Waals surface area contributed by atoms with Crippen molar-refractivity contribution < 1.29 is 87.0 Å². The van der Waals surface area contributed by atoms with Crippen LogP contribution in [0.4, 0.5) is 0 Å². The first-order valence-electron chi connectivity index (χ1n) is 31.5. The molecular formula is C66H109NO18. The first-order chi connectivity index (χ1) is 40.2. The molecule has 1 saturated carbocycles. The molecule has 0 aromatic heterocycles. The van der Waals surface area contributed by atoms with E-state index in [1.54, 1.807) is 34.0 Å². The molecule has 4 N–H and O–H groups in total. The second kappa shape index (κ2) is 36.2. The number of rotatable bonds is 22. The van der Waals surface area contributed by atoms with Crippen molar-refractivity contribution in [2.45, 2.75) is 232 Å². The molecule has 15 atom stereocenters. The summed E-state index contributed by atoms with van der Waals surface area (Å²) in [6.45, 7) is 22.6. The molecule has 3 aliphatic heterocycles. The highest BCUT2D eigenvalue weighted by Gasteiger charge is 2.53. The lowest BCUT2D eigenvalue weighted by atomic mass is 9.78. The fourth-order valence-electron chi connectivity index (χ4n) is 12.2. The van der Waals surface area contributed by atoms with E-state index in [2.05, 4.69) is 0 Å². The van der Waals surface area contributed by atoms with E-state index in [0.717, 1.165) is 12.0 Å². The summed E-state index contributed by atoms with van der Waals surface area (Å²) in [7, 11) is 3.03. The highest BCUT2D eigenvalue weighted by molar-refractivity contribution is 6.39. The van der Waals surface area contributed by atoms with E-state index in [1.807, 2.05) is 85.8 Å². The number of carbonyl (C=O) groups is 5. The zero-order valence-electron chi connectivity index (χ0n) is 53.8. The standard InChI is InChI=1S/C66H109NO18/c1-43-19-15-14-16-20-44(2)56(85-65(10,11)27-31-82-64(8,9)26-29-68)41-51-24-22-49(7)66(76,84-51)61(73)62(74)67-28-18-17-21-52(67)63(75)83-55(42-53(70)45(3)38-48(6)59(72)60(78-13)58(71)47(5)37-43)46(4)39-50-23-25-54(57(40-50)77-12)81-36-35-80-34-33-79-32-30-69/h14-16,19-20,38,43,45-47,49-52,54-57,59-60,68-69,72,76H,17-18,21-37,39-42H2,1-13H3/b16-14+,19-15+,44-20+,48-38+/t43-,45-,46-,47-,49-,50+,51+,52+,54-,55+,56-,57-,59-,60+,66-/m1/s1. The van der Waals surface area contributed by atoms with Crippen molar-refractivity contribution in [1.29, 1.82) is 0 Å². The summed E-state index contributed by atoms with van der Waals surface area (Å²) in [4.78, 5) is 73.8. The van der Waals surface area contributed by atoms with Gasteiger partial charge in [-0.1, -0.05) is 71.1 Å². The number of aliphatic hydroxyl groups excluding tert-OH is 3. The third kappa shape index (κ3) is 23.4. The summed E-state index contributed by atoms with van der Waals surface area (Å²) >= 11 is 0. The number of piperidine rings is 1. The summed E-state index contributed by atoms with van der Waals surface area (Å²) < 4.78 is 54.6. The Morgan fingerprint density at radius 1 is 0.765 bits per heavy atom. The van der Waals surface area contributed by atoms with Gasteiger partial charge in [-0.3, -0.25) is 19.2 Å². The maximum absolute atomic E-state index is 14.8. The number of carbonyl (C=O) groups excluding carboxylic acids is 5. The third-order valence-corrected chi connectivity index (χ3v) is 17.7. The number of nitrogens with zero attached hydrogens (tertiary/aromatic N) is 1. The van der Waals surface area contributed by atoms with Crippen molar-refractivity contribution in [2.24, 2.45) is 35.5 Å². The van der Waals surface area contributed by atoms with Gasteiger partial charge in [0.15, 0.2) is 5.78 Å². The molecule has 19 nitrogen and oxygen atoms in total. The van der Waals surface area contributed by atoms with Crippen molar-refractivity contribution in [1.82, 2.24) is 4.90 Å². The summed E-state index contributed by atoms with van der Waals surface area (Å²) in [5.41, 5.74) is -0.0601. The van der Waals surface area contributed by atoms with Crippen LogP contribution in [-0.2, 0) is 66.6 Å². The molecule has 85 heavy (non-hydrogen) atoms. The SMILES string of the molecule is CO[C@@H]1C[C@H](C[C@@H](C)[C@@H]2CC(=O)[C@H](C)/C=C(\C)[C@@H](O)[C@@H](OC)C(=O)[C@H](C)C[C@H](C)/C=C/C=C/C=C(\C)[C@H](OC(C)(C)CCOC(C)(C)CCO)C[C@@H]3CC[C@@H](C)[C@@](O)(O3)C(=O)C(=O)N3CCCC[C@H]3C(=O)O2)CC[C@H]1OCCOCCOCCO. The van der Waals surface area contributed by atoms with Gasteiger partial charge in [0.05, 0.1) is 81.9 Å². The van der Waals surface area contributed by atoms with Gasteiger partial charge in [-0.05, 0) is 147 Å². The van der Waals surface area contributed by atoms with Crippen LogP contribution < -0.4 is 0 Å². The minimum absolute atomic E-state index is 0.00821. The average Bonchev–Trinajstić information content (AvgIpc) is 2.84. The molecule has 4 rings (SSSR count). The molecule has 2 saturated heterocycles. The van der Waals surface area contributed by atoms with Gasteiger partial charge in [0, 0.05) is 58.0 Å². The lowest BCUT2D eigenvalue weighted by Crippen LogP contribution is -2.61. The van der Waals surface area contributed by atoms with Crippen LogP contribution in [0.5, 0.6) is 0 Å². The van der Waals surface area contributed by atoms with E-state index in [9.17, 15) is 39.3 Å². The molecule has 0 spiro atoms. The zero-order valence-corrected chi connectivity index (χ0v) is 53.8. The van der Waals surface area contributed by atoms with E-state index in [1.165, 1.54) is 12.0 Å². The number of cyclic esters (lactones) is 1. The van der Waals surface area contributed by atoms with Gasteiger partial charge >= 0.3 is 5.97 Å². The molecular weight excluding hydrogens is 1090 g/mol. The normalized spacial score (nSPS) is 34.2. The van der Waals surface area contributed by atoms with Gasteiger partial charge in [0.1, 0.15) is 30.1 Å². The topological polar surface area (TPSA) is 253 Å². The summed E-state index contributed by atoms with van der Waals surface area (Å²) in [6, 6.07) is -1.19. The molecule has 1 aliphatic carbocycles. The number of hydrogen-bond acceptors (Lipinski definition) is 18. The number of aliphatic hydroxyl groups is 4. The minimum atomic E-state index is -2.52. The molecule has 0 radical (unpaired) electrons. The number of methoxy groups -OCH3 is 2. The van der Waals surface area contributed by atoms with Crippen molar-refractivity contribution in [3.8, 4) is 0 Å². The van der Waals surface area contributed by atoms with Crippen LogP contribution in [0.2, 0.25) is 0 Å². The second-order valence-corrected chi connectivity index (χ2v) is 25.9. The largest absolute Gasteiger partial charge is 0.460 e. The Hall–Kier alpha value is -3.57. The Bertz CT molecular complexity index is 2210. The summed E-state index contributed by atoms with van der Waals surface area (Å²) in [5.74, 6) is -8.39. The van der Waals surface area contributed by atoms with Crippen LogP contribution in [0.25, 0.3) is 0 Å². The molecule has 486 valence electrons. The molecule has 1 amide bonds. The van der Waals surface area contributed by atoms with Crippen molar-refractivity contribution in [2.75, 3.05) is 73.6 Å². The van der Waals surface area contributed by atoms with Crippen LogP contribution >= 0.6 is 0 Å². The predicted octanol–water partition coefficient (Wildman–Crippen LogP) is 7.95. The lowest BCUT2D eigenvalue weighted by molar-refractivity contribution is -0.267. The molecule has 19 heteroatoms.